The van der Waals surface area contributed by atoms with Gasteiger partial charge in [-0.05, 0) is 30.9 Å². The van der Waals surface area contributed by atoms with Crippen molar-refractivity contribution in [2.75, 3.05) is 0 Å². The molecule has 2 aromatic carbocycles. The van der Waals surface area contributed by atoms with Crippen LogP contribution in [0.2, 0.25) is 0 Å². The minimum atomic E-state index is 0.0901. The molecule has 1 aliphatic carbocycles. The number of aryl methyl sites for hydroxylation is 1. The Bertz CT molecular complexity index is 567. The van der Waals surface area contributed by atoms with Gasteiger partial charge in [-0.3, -0.25) is 0 Å². The fourth-order valence-electron chi connectivity index (χ4n) is 3.74. The van der Waals surface area contributed by atoms with Gasteiger partial charge in [0.2, 0.25) is 0 Å². The Morgan fingerprint density at radius 1 is 0.950 bits per heavy atom. The zero-order valence-electron chi connectivity index (χ0n) is 12.2. The highest BCUT2D eigenvalue weighted by Crippen LogP contribution is 2.48. The first-order chi connectivity index (χ1) is 9.72. The van der Waals surface area contributed by atoms with E-state index in [1.807, 2.05) is 0 Å². The smallest absolute Gasteiger partial charge is 0.0393 e. The molecule has 0 aliphatic heterocycles. The van der Waals surface area contributed by atoms with Crippen LogP contribution in [0.3, 0.4) is 0 Å². The van der Waals surface area contributed by atoms with Gasteiger partial charge in [-0.1, -0.05) is 73.0 Å². The van der Waals surface area contributed by atoms with Gasteiger partial charge in [-0.2, -0.15) is 0 Å². The van der Waals surface area contributed by atoms with Crippen LogP contribution >= 0.6 is 0 Å². The van der Waals surface area contributed by atoms with Gasteiger partial charge < -0.3 is 5.73 Å². The minimum Gasteiger partial charge on any atom is -0.323 e. The zero-order valence-corrected chi connectivity index (χ0v) is 12.2. The Morgan fingerprint density at radius 3 is 2.30 bits per heavy atom. The van der Waals surface area contributed by atoms with Gasteiger partial charge in [-0.15, -0.1) is 0 Å². The fraction of sp³-hybridized carbons (Fsp3) is 0.368. The molecule has 1 unspecified atom stereocenters. The van der Waals surface area contributed by atoms with Crippen molar-refractivity contribution < 1.29 is 0 Å². The van der Waals surface area contributed by atoms with Crippen molar-refractivity contribution in [1.29, 1.82) is 0 Å². The highest BCUT2D eigenvalue weighted by molar-refractivity contribution is 5.35. The van der Waals surface area contributed by atoms with E-state index in [0.29, 0.717) is 0 Å². The first kappa shape index (κ1) is 13.4. The molecule has 0 radical (unpaired) electrons. The van der Waals surface area contributed by atoms with Crippen molar-refractivity contribution in [3.8, 4) is 0 Å². The maximum Gasteiger partial charge on any atom is 0.0393 e. The molecule has 0 bridgehead atoms. The van der Waals surface area contributed by atoms with Crippen LogP contribution in [-0.2, 0) is 5.41 Å². The average Bonchev–Trinajstić information content (AvgIpc) is 2.98. The summed E-state index contributed by atoms with van der Waals surface area (Å²) in [6.45, 7) is 2.14. The zero-order chi connectivity index (χ0) is 14.0. The van der Waals surface area contributed by atoms with Crippen LogP contribution in [0.15, 0.2) is 54.6 Å². The molecule has 0 aromatic heterocycles. The maximum atomic E-state index is 6.74. The summed E-state index contributed by atoms with van der Waals surface area (Å²) < 4.78 is 0. The van der Waals surface area contributed by atoms with Gasteiger partial charge in [0, 0.05) is 11.5 Å². The number of benzene rings is 2. The van der Waals surface area contributed by atoms with Crippen LogP contribution in [0.25, 0.3) is 0 Å². The lowest BCUT2D eigenvalue weighted by Gasteiger charge is -2.36. The normalized spacial score (nSPS) is 18.9. The molecule has 1 heteroatoms. The van der Waals surface area contributed by atoms with E-state index in [1.165, 1.54) is 42.4 Å². The molecule has 0 amide bonds. The van der Waals surface area contributed by atoms with Crippen molar-refractivity contribution >= 4 is 0 Å². The molecule has 2 N–H and O–H groups in total. The summed E-state index contributed by atoms with van der Waals surface area (Å²) in [5.74, 6) is 0. The molecule has 3 rings (SSSR count). The first-order valence-corrected chi connectivity index (χ1v) is 7.60. The van der Waals surface area contributed by atoms with Crippen molar-refractivity contribution in [1.82, 2.24) is 0 Å². The molecule has 1 nitrogen and oxygen atoms in total. The number of hydrogen-bond donors (Lipinski definition) is 1. The van der Waals surface area contributed by atoms with Gasteiger partial charge >= 0.3 is 0 Å². The average molecular weight is 265 g/mol. The van der Waals surface area contributed by atoms with E-state index in [2.05, 4.69) is 61.5 Å². The Morgan fingerprint density at radius 2 is 1.65 bits per heavy atom. The highest BCUT2D eigenvalue weighted by Gasteiger charge is 2.41. The van der Waals surface area contributed by atoms with E-state index in [0.717, 1.165) is 0 Å². The van der Waals surface area contributed by atoms with E-state index in [9.17, 15) is 0 Å². The standard InChI is InChI=1S/C19H23N/c1-15-8-7-9-16(14-15)18(20)19(12-5-6-13-19)17-10-3-2-4-11-17/h2-4,7-11,14,18H,5-6,12-13,20H2,1H3. The summed E-state index contributed by atoms with van der Waals surface area (Å²) in [6.07, 6.45) is 4.97. The first-order valence-electron chi connectivity index (χ1n) is 7.60. The Kier molecular flexibility index (Phi) is 3.62. The fourth-order valence-corrected chi connectivity index (χ4v) is 3.74. The van der Waals surface area contributed by atoms with E-state index >= 15 is 0 Å². The Labute approximate surface area is 121 Å². The van der Waals surface area contributed by atoms with E-state index in [1.54, 1.807) is 0 Å². The largest absolute Gasteiger partial charge is 0.323 e. The van der Waals surface area contributed by atoms with Crippen molar-refractivity contribution in [2.45, 2.75) is 44.1 Å². The highest BCUT2D eigenvalue weighted by atomic mass is 14.7. The minimum absolute atomic E-state index is 0.0901. The van der Waals surface area contributed by atoms with Gasteiger partial charge in [0.25, 0.3) is 0 Å². The second-order valence-corrected chi connectivity index (χ2v) is 6.12. The third-order valence-corrected chi connectivity index (χ3v) is 4.84. The van der Waals surface area contributed by atoms with Gasteiger partial charge in [-0.25, -0.2) is 0 Å². The van der Waals surface area contributed by atoms with Crippen LogP contribution in [0.4, 0.5) is 0 Å². The third kappa shape index (κ3) is 2.27. The predicted molar refractivity (Wildman–Crippen MR) is 84.7 cm³/mol. The molecular weight excluding hydrogens is 242 g/mol. The molecule has 104 valence electrons. The molecule has 0 spiro atoms. The summed E-state index contributed by atoms with van der Waals surface area (Å²) in [4.78, 5) is 0. The molecule has 0 heterocycles. The topological polar surface area (TPSA) is 26.0 Å². The van der Waals surface area contributed by atoms with E-state index in [-0.39, 0.29) is 11.5 Å². The molecule has 1 atom stereocenters. The van der Waals surface area contributed by atoms with Crippen LogP contribution < -0.4 is 5.73 Å². The van der Waals surface area contributed by atoms with E-state index < -0.39 is 0 Å². The lowest BCUT2D eigenvalue weighted by molar-refractivity contribution is 0.356. The molecule has 0 saturated heterocycles. The van der Waals surface area contributed by atoms with Crippen molar-refractivity contribution in [3.05, 3.63) is 71.3 Å². The van der Waals surface area contributed by atoms with Crippen LogP contribution in [0, 0.1) is 6.92 Å². The van der Waals surface area contributed by atoms with Crippen molar-refractivity contribution in [2.24, 2.45) is 5.73 Å². The van der Waals surface area contributed by atoms with E-state index in [4.69, 9.17) is 5.73 Å². The summed E-state index contributed by atoms with van der Waals surface area (Å²) >= 11 is 0. The Balaban J connectivity index is 2.03. The molecule has 1 aliphatic rings. The molecular formula is C19H23N. The lowest BCUT2D eigenvalue weighted by atomic mass is 9.70. The maximum absolute atomic E-state index is 6.74. The Hall–Kier alpha value is -1.60. The number of rotatable bonds is 3. The molecule has 20 heavy (non-hydrogen) atoms. The molecule has 2 aromatic rings. The SMILES string of the molecule is Cc1cccc(C(N)C2(c3ccccc3)CCCC2)c1. The summed E-state index contributed by atoms with van der Waals surface area (Å²) in [7, 11) is 0. The van der Waals surface area contributed by atoms with Crippen molar-refractivity contribution in [3.63, 3.8) is 0 Å². The van der Waals surface area contributed by atoms with Crippen LogP contribution in [0.5, 0.6) is 0 Å². The third-order valence-electron chi connectivity index (χ3n) is 4.84. The molecule has 1 saturated carbocycles. The van der Waals surface area contributed by atoms with Crippen LogP contribution in [-0.4, -0.2) is 0 Å². The molecule has 1 fully saturated rings. The van der Waals surface area contributed by atoms with Gasteiger partial charge in [0.05, 0.1) is 0 Å². The van der Waals surface area contributed by atoms with Crippen LogP contribution in [0.1, 0.15) is 48.4 Å². The second kappa shape index (κ2) is 5.41. The monoisotopic (exact) mass is 265 g/mol. The van der Waals surface area contributed by atoms with Gasteiger partial charge in [0.1, 0.15) is 0 Å². The quantitative estimate of drug-likeness (QED) is 0.868. The summed E-state index contributed by atoms with van der Waals surface area (Å²) in [6, 6.07) is 19.6. The van der Waals surface area contributed by atoms with Gasteiger partial charge in [0.15, 0.2) is 0 Å². The number of hydrogen-bond acceptors (Lipinski definition) is 1. The summed E-state index contributed by atoms with van der Waals surface area (Å²) in [5.41, 5.74) is 10.8. The summed E-state index contributed by atoms with van der Waals surface area (Å²) in [5, 5.41) is 0. The second-order valence-electron chi connectivity index (χ2n) is 6.12. The number of nitrogens with two attached hydrogens (primary N) is 1. The lowest BCUT2D eigenvalue weighted by Crippen LogP contribution is -2.36. The predicted octanol–water partition coefficient (Wildman–Crippen LogP) is 4.51.